The number of hydrogen-bond acceptors (Lipinski definition) is 2. The fourth-order valence-corrected chi connectivity index (χ4v) is 1.98. The molecular formula is C15H19NO. The van der Waals surface area contributed by atoms with Crippen LogP contribution in [0.5, 0.6) is 0 Å². The van der Waals surface area contributed by atoms with Crippen LogP contribution in [0, 0.1) is 17.8 Å². The lowest BCUT2D eigenvalue weighted by Crippen LogP contribution is -2.64. The van der Waals surface area contributed by atoms with Crippen LogP contribution in [-0.2, 0) is 0 Å². The quantitative estimate of drug-likeness (QED) is 0.781. The fraction of sp³-hybridized carbons (Fsp3) is 0.467. The van der Waals surface area contributed by atoms with Crippen LogP contribution < -0.4 is 0 Å². The highest BCUT2D eigenvalue weighted by Crippen LogP contribution is 2.27. The summed E-state index contributed by atoms with van der Waals surface area (Å²) >= 11 is 0. The molecule has 1 fully saturated rings. The van der Waals surface area contributed by atoms with Crippen molar-refractivity contribution in [1.82, 2.24) is 4.90 Å². The third-order valence-corrected chi connectivity index (χ3v) is 3.38. The van der Waals surface area contributed by atoms with Gasteiger partial charge in [-0.25, -0.2) is 0 Å². The molecule has 1 aliphatic rings. The van der Waals surface area contributed by atoms with Crippen molar-refractivity contribution in [3.05, 3.63) is 35.9 Å². The van der Waals surface area contributed by atoms with Gasteiger partial charge in [-0.1, -0.05) is 43.9 Å². The molecule has 2 rings (SSSR count). The van der Waals surface area contributed by atoms with Crippen LogP contribution in [0.15, 0.2) is 30.3 Å². The lowest BCUT2D eigenvalue weighted by atomic mass is 9.83. The number of rotatable bonds is 2. The minimum Gasteiger partial charge on any atom is -0.387 e. The molecule has 0 aliphatic carbocycles. The van der Waals surface area contributed by atoms with Gasteiger partial charge < -0.3 is 5.11 Å². The standard InChI is InChI=1S/C15H19NO/c1-13(2)15(17)11-16(12-15)10-6-9-14-7-4-3-5-8-14/h3-5,7-8,13,17H,10-12H2,1-2H3. The zero-order valence-electron chi connectivity index (χ0n) is 10.5. The van der Waals surface area contributed by atoms with Crippen molar-refractivity contribution in [3.8, 4) is 11.8 Å². The van der Waals surface area contributed by atoms with E-state index >= 15 is 0 Å². The molecule has 2 heteroatoms. The van der Waals surface area contributed by atoms with Gasteiger partial charge in [-0.2, -0.15) is 0 Å². The van der Waals surface area contributed by atoms with Gasteiger partial charge in [0.25, 0.3) is 0 Å². The van der Waals surface area contributed by atoms with Gasteiger partial charge in [-0.05, 0) is 18.1 Å². The molecular weight excluding hydrogens is 210 g/mol. The third-order valence-electron chi connectivity index (χ3n) is 3.38. The predicted molar refractivity (Wildman–Crippen MR) is 69.5 cm³/mol. The Bertz CT molecular complexity index is 421. The van der Waals surface area contributed by atoms with Gasteiger partial charge >= 0.3 is 0 Å². The molecule has 1 heterocycles. The molecule has 1 N–H and O–H groups in total. The van der Waals surface area contributed by atoms with Crippen LogP contribution in [0.3, 0.4) is 0 Å². The van der Waals surface area contributed by atoms with Crippen LogP contribution in [0.2, 0.25) is 0 Å². The summed E-state index contributed by atoms with van der Waals surface area (Å²) in [5.41, 5.74) is 0.557. The minimum atomic E-state index is -0.492. The largest absolute Gasteiger partial charge is 0.387 e. The van der Waals surface area contributed by atoms with E-state index in [2.05, 4.69) is 30.6 Å². The first-order chi connectivity index (χ1) is 8.10. The van der Waals surface area contributed by atoms with Gasteiger partial charge in [0.15, 0.2) is 0 Å². The first-order valence-electron chi connectivity index (χ1n) is 6.09. The molecule has 1 saturated heterocycles. The first kappa shape index (κ1) is 12.2. The Kier molecular flexibility index (Phi) is 3.51. The van der Waals surface area contributed by atoms with E-state index in [1.165, 1.54) is 0 Å². The second kappa shape index (κ2) is 4.91. The number of β-amino-alcohol motifs (C(OH)–C–C–N with tert-alkyl or cyclic N) is 1. The van der Waals surface area contributed by atoms with E-state index in [0.29, 0.717) is 5.92 Å². The van der Waals surface area contributed by atoms with Gasteiger partial charge in [-0.15, -0.1) is 0 Å². The highest BCUT2D eigenvalue weighted by molar-refractivity contribution is 5.33. The molecule has 0 radical (unpaired) electrons. The number of hydrogen-bond donors (Lipinski definition) is 1. The Balaban J connectivity index is 1.81. The molecule has 0 spiro atoms. The Labute approximate surface area is 103 Å². The lowest BCUT2D eigenvalue weighted by molar-refractivity contribution is -0.122. The molecule has 1 aromatic carbocycles. The van der Waals surface area contributed by atoms with Gasteiger partial charge in [0, 0.05) is 18.7 Å². The van der Waals surface area contributed by atoms with Crippen molar-refractivity contribution in [2.45, 2.75) is 19.4 Å². The van der Waals surface area contributed by atoms with Crippen molar-refractivity contribution in [2.75, 3.05) is 19.6 Å². The Morgan fingerprint density at radius 3 is 2.53 bits per heavy atom. The highest BCUT2D eigenvalue weighted by Gasteiger charge is 2.42. The number of aliphatic hydroxyl groups is 1. The number of nitrogens with zero attached hydrogens (tertiary/aromatic N) is 1. The minimum absolute atomic E-state index is 0.320. The maximum atomic E-state index is 10.1. The zero-order chi connectivity index (χ0) is 12.3. The molecule has 0 atom stereocenters. The van der Waals surface area contributed by atoms with E-state index in [4.69, 9.17) is 0 Å². The predicted octanol–water partition coefficient (Wildman–Crippen LogP) is 1.74. The molecule has 0 saturated carbocycles. The molecule has 17 heavy (non-hydrogen) atoms. The van der Waals surface area contributed by atoms with Crippen molar-refractivity contribution < 1.29 is 5.11 Å². The smallest absolute Gasteiger partial charge is 0.0923 e. The average molecular weight is 229 g/mol. The summed E-state index contributed by atoms with van der Waals surface area (Å²) < 4.78 is 0. The zero-order valence-corrected chi connectivity index (χ0v) is 10.5. The lowest BCUT2D eigenvalue weighted by Gasteiger charge is -2.48. The third kappa shape index (κ3) is 2.88. The van der Waals surface area contributed by atoms with Gasteiger partial charge in [0.2, 0.25) is 0 Å². The SMILES string of the molecule is CC(C)C1(O)CN(CC#Cc2ccccc2)C1. The Morgan fingerprint density at radius 1 is 1.29 bits per heavy atom. The first-order valence-corrected chi connectivity index (χ1v) is 6.09. The van der Waals surface area contributed by atoms with Crippen molar-refractivity contribution in [2.24, 2.45) is 5.92 Å². The highest BCUT2D eigenvalue weighted by atomic mass is 16.3. The number of likely N-dealkylation sites (tertiary alicyclic amines) is 1. The van der Waals surface area contributed by atoms with Crippen LogP contribution in [0.1, 0.15) is 19.4 Å². The summed E-state index contributed by atoms with van der Waals surface area (Å²) in [6.07, 6.45) is 0. The van der Waals surface area contributed by atoms with Crippen molar-refractivity contribution >= 4 is 0 Å². The fourth-order valence-electron chi connectivity index (χ4n) is 1.98. The summed E-state index contributed by atoms with van der Waals surface area (Å²) in [7, 11) is 0. The van der Waals surface area contributed by atoms with Crippen LogP contribution in [0.25, 0.3) is 0 Å². The molecule has 1 aliphatic heterocycles. The van der Waals surface area contributed by atoms with E-state index in [1.807, 2.05) is 30.3 Å². The summed E-state index contributed by atoms with van der Waals surface area (Å²) in [4.78, 5) is 2.18. The van der Waals surface area contributed by atoms with Gasteiger partial charge in [0.05, 0.1) is 12.1 Å². The number of benzene rings is 1. The molecule has 0 unspecified atom stereocenters. The average Bonchev–Trinajstić information content (AvgIpc) is 2.27. The van der Waals surface area contributed by atoms with E-state index in [1.54, 1.807) is 0 Å². The van der Waals surface area contributed by atoms with Crippen LogP contribution >= 0.6 is 0 Å². The van der Waals surface area contributed by atoms with Crippen molar-refractivity contribution in [3.63, 3.8) is 0 Å². The van der Waals surface area contributed by atoms with E-state index in [0.717, 1.165) is 25.2 Å². The maximum absolute atomic E-state index is 10.1. The van der Waals surface area contributed by atoms with Gasteiger partial charge in [-0.3, -0.25) is 4.90 Å². The van der Waals surface area contributed by atoms with E-state index in [-0.39, 0.29) is 0 Å². The maximum Gasteiger partial charge on any atom is 0.0923 e. The molecule has 0 amide bonds. The second-order valence-corrected chi connectivity index (χ2v) is 5.07. The van der Waals surface area contributed by atoms with E-state index in [9.17, 15) is 5.11 Å². The molecule has 90 valence electrons. The van der Waals surface area contributed by atoms with Crippen LogP contribution in [-0.4, -0.2) is 35.2 Å². The molecule has 0 bridgehead atoms. The molecule has 1 aromatic rings. The summed E-state index contributed by atoms with van der Waals surface area (Å²) in [6, 6.07) is 9.99. The van der Waals surface area contributed by atoms with Crippen LogP contribution in [0.4, 0.5) is 0 Å². The van der Waals surface area contributed by atoms with Crippen molar-refractivity contribution in [1.29, 1.82) is 0 Å². The summed E-state index contributed by atoms with van der Waals surface area (Å²) in [6.45, 7) is 6.35. The molecule has 0 aromatic heterocycles. The monoisotopic (exact) mass is 229 g/mol. The van der Waals surface area contributed by atoms with E-state index < -0.39 is 5.60 Å². The normalized spacial score (nSPS) is 18.4. The van der Waals surface area contributed by atoms with Gasteiger partial charge in [0.1, 0.15) is 0 Å². The second-order valence-electron chi connectivity index (χ2n) is 5.07. The Hall–Kier alpha value is -1.30. The topological polar surface area (TPSA) is 23.5 Å². The summed E-state index contributed by atoms with van der Waals surface area (Å²) in [5.74, 6) is 6.59. The Morgan fingerprint density at radius 2 is 1.94 bits per heavy atom. The summed E-state index contributed by atoms with van der Waals surface area (Å²) in [5, 5.41) is 10.1. The molecule has 2 nitrogen and oxygen atoms in total.